The third kappa shape index (κ3) is 135. The summed E-state index contributed by atoms with van der Waals surface area (Å²) < 4.78 is 0. The Kier molecular flexibility index (Phi) is 7340. The molecule has 0 aromatic rings. The van der Waals surface area contributed by atoms with Crippen molar-refractivity contribution >= 4 is 55.1 Å². The Balaban J connectivity index is 0. The van der Waals surface area contributed by atoms with Gasteiger partial charge in [-0.15, -0.1) is 0 Å². The number of hydrogen-bond acceptors (Lipinski definition) is 0. The molecule has 0 aliphatic rings. The Morgan fingerprint density at radius 2 is 0.375 bits per heavy atom. The Labute approximate surface area is 87.2 Å². The van der Waals surface area contributed by atoms with Crippen LogP contribution in [0.3, 0.4) is 0 Å². The van der Waals surface area contributed by atoms with Gasteiger partial charge in [0.05, 0.1) is 0 Å². The van der Waals surface area contributed by atoms with E-state index in [2.05, 4.69) is 0 Å². The first kappa shape index (κ1) is 290. The summed E-state index contributed by atoms with van der Waals surface area (Å²) in [5.41, 5.74) is 0. The van der Waals surface area contributed by atoms with Crippen LogP contribution in [-0.4, -0.2) is 88.0 Å². The van der Waals surface area contributed by atoms with Crippen LogP contribution in [0.1, 0.15) is 0 Å². The molecule has 3 radical (unpaired) electrons. The average Bonchev–Trinajstić information content (AvgIpc) is 0. The first-order chi connectivity index (χ1) is 0. The maximum atomic E-state index is 0. The van der Waals surface area contributed by atoms with E-state index in [4.69, 9.17) is 0 Å². The molecule has 0 aromatic heterocycles. The molecule has 0 saturated heterocycles. The van der Waals surface area contributed by atoms with Crippen LogP contribution in [0.25, 0.3) is 0 Å². The number of hydrogen-bond donors (Lipinski definition) is 0. The van der Waals surface area contributed by atoms with Crippen molar-refractivity contribution in [2.75, 3.05) is 0 Å². The SMILES string of the molecule is O.O.O.O.O.O.[Al].[CaH2]. The normalized spacial score (nSPS) is 0. The van der Waals surface area contributed by atoms with Crippen LogP contribution in [0.2, 0.25) is 0 Å². The molecule has 0 aliphatic heterocycles. The van der Waals surface area contributed by atoms with Crippen LogP contribution in [0.4, 0.5) is 0 Å². The molecule has 0 unspecified atom stereocenters. The molecular weight excluding hydrogens is 163 g/mol. The minimum absolute atomic E-state index is 0. The Hall–Kier alpha value is 1.55. The van der Waals surface area contributed by atoms with Gasteiger partial charge in [-0.3, -0.25) is 0 Å². The topological polar surface area (TPSA) is 189 Å². The van der Waals surface area contributed by atoms with Crippen molar-refractivity contribution in [3.63, 3.8) is 0 Å². The van der Waals surface area contributed by atoms with E-state index >= 15 is 0 Å². The van der Waals surface area contributed by atoms with Crippen molar-refractivity contribution in [1.82, 2.24) is 0 Å². The summed E-state index contributed by atoms with van der Waals surface area (Å²) in [5.74, 6) is 0. The van der Waals surface area contributed by atoms with E-state index < -0.39 is 0 Å². The van der Waals surface area contributed by atoms with Gasteiger partial charge < -0.3 is 32.9 Å². The number of rotatable bonds is 0. The van der Waals surface area contributed by atoms with Crippen molar-refractivity contribution < 1.29 is 32.9 Å². The fourth-order valence-electron chi connectivity index (χ4n) is 0. The molecule has 0 heterocycles. The molecule has 0 aromatic carbocycles. The fourth-order valence-corrected chi connectivity index (χ4v) is 0. The maximum absolute atomic E-state index is 0. The van der Waals surface area contributed by atoms with Gasteiger partial charge in [-0.05, 0) is 0 Å². The molecule has 0 spiro atoms. The first-order valence-electron chi connectivity index (χ1n) is 0. The van der Waals surface area contributed by atoms with Crippen LogP contribution < -0.4 is 0 Å². The zero-order valence-electron chi connectivity index (χ0n) is 3.58. The van der Waals surface area contributed by atoms with Crippen molar-refractivity contribution in [3.05, 3.63) is 0 Å². The second-order valence-electron chi connectivity index (χ2n) is 0. The summed E-state index contributed by atoms with van der Waals surface area (Å²) in [6.45, 7) is 0. The molecule has 12 N–H and O–H groups in total. The van der Waals surface area contributed by atoms with Gasteiger partial charge in [0, 0.05) is 17.4 Å². The second-order valence-corrected chi connectivity index (χ2v) is 0. The average molecular weight is 177 g/mol. The molecule has 55 valence electrons. The first-order valence-corrected chi connectivity index (χ1v) is 0. The van der Waals surface area contributed by atoms with Gasteiger partial charge in [0.15, 0.2) is 0 Å². The van der Waals surface area contributed by atoms with Gasteiger partial charge in [0.2, 0.25) is 0 Å². The molecule has 8 heavy (non-hydrogen) atoms. The quantitative estimate of drug-likeness (QED) is 0.318. The molecule has 0 amide bonds. The van der Waals surface area contributed by atoms with Gasteiger partial charge in [0.1, 0.15) is 0 Å². The van der Waals surface area contributed by atoms with Gasteiger partial charge in [-0.25, -0.2) is 0 Å². The molecule has 0 aliphatic carbocycles. The van der Waals surface area contributed by atoms with E-state index in [1.807, 2.05) is 0 Å². The second kappa shape index (κ2) is 202. The summed E-state index contributed by atoms with van der Waals surface area (Å²) in [4.78, 5) is 0. The van der Waals surface area contributed by atoms with E-state index in [0.29, 0.717) is 0 Å². The van der Waals surface area contributed by atoms with Crippen LogP contribution in [0, 0.1) is 0 Å². The van der Waals surface area contributed by atoms with E-state index in [1.165, 1.54) is 0 Å². The summed E-state index contributed by atoms with van der Waals surface area (Å²) in [6, 6.07) is 0. The standard InChI is InChI=1S/Al.Ca.6H2O.2H/h;;6*1H2;;. The molecule has 0 atom stereocenters. The summed E-state index contributed by atoms with van der Waals surface area (Å²) in [5, 5.41) is 0. The molecule has 0 rings (SSSR count). The Morgan fingerprint density at radius 3 is 0.375 bits per heavy atom. The Morgan fingerprint density at radius 1 is 0.375 bits per heavy atom. The summed E-state index contributed by atoms with van der Waals surface area (Å²) in [6.07, 6.45) is 0. The molecular formula is H14AlCaO6. The van der Waals surface area contributed by atoms with Gasteiger partial charge in [0.25, 0.3) is 0 Å². The predicted molar refractivity (Wildman–Crippen MR) is 36.0 cm³/mol. The van der Waals surface area contributed by atoms with Crippen LogP contribution in [0.15, 0.2) is 0 Å². The minimum atomic E-state index is 0. The van der Waals surface area contributed by atoms with Gasteiger partial charge in [-0.1, -0.05) is 0 Å². The molecule has 6 nitrogen and oxygen atoms in total. The third-order valence-corrected chi connectivity index (χ3v) is 0. The Bertz CT molecular complexity index is 8.49. The van der Waals surface area contributed by atoms with Crippen molar-refractivity contribution in [2.45, 2.75) is 0 Å². The van der Waals surface area contributed by atoms with E-state index in [0.717, 1.165) is 0 Å². The van der Waals surface area contributed by atoms with Crippen molar-refractivity contribution in [1.29, 1.82) is 0 Å². The van der Waals surface area contributed by atoms with Crippen LogP contribution in [0.5, 0.6) is 0 Å². The van der Waals surface area contributed by atoms with E-state index in [9.17, 15) is 0 Å². The molecule has 0 fully saturated rings. The summed E-state index contributed by atoms with van der Waals surface area (Å²) in [7, 11) is 0. The van der Waals surface area contributed by atoms with Gasteiger partial charge >= 0.3 is 37.7 Å². The van der Waals surface area contributed by atoms with Gasteiger partial charge in [-0.2, -0.15) is 0 Å². The molecule has 0 bridgehead atoms. The summed E-state index contributed by atoms with van der Waals surface area (Å²) >= 11 is 0. The van der Waals surface area contributed by atoms with Crippen LogP contribution >= 0.6 is 0 Å². The third-order valence-electron chi connectivity index (χ3n) is 0. The zero-order chi connectivity index (χ0) is 0. The van der Waals surface area contributed by atoms with E-state index in [1.54, 1.807) is 0 Å². The monoisotopic (exact) mass is 177 g/mol. The van der Waals surface area contributed by atoms with Crippen molar-refractivity contribution in [2.24, 2.45) is 0 Å². The molecule has 0 saturated carbocycles. The van der Waals surface area contributed by atoms with E-state index in [-0.39, 0.29) is 88.0 Å². The fraction of sp³-hybridized carbons (Fsp3) is 0. The van der Waals surface area contributed by atoms with Crippen LogP contribution in [-0.2, 0) is 0 Å². The predicted octanol–water partition coefficient (Wildman–Crippen LogP) is -6.25. The zero-order valence-corrected chi connectivity index (χ0v) is 4.73. The molecule has 8 heteroatoms. The van der Waals surface area contributed by atoms with Crippen molar-refractivity contribution in [3.8, 4) is 0 Å².